The number of carbonyl (C=O) groups is 1. The first-order chi connectivity index (χ1) is 14.6. The summed E-state index contributed by atoms with van der Waals surface area (Å²) in [5, 5.41) is 4.71. The number of rotatable bonds is 6. The van der Waals surface area contributed by atoms with E-state index in [1.165, 1.54) is 27.5 Å². The highest BCUT2D eigenvalue weighted by Gasteiger charge is 2.17. The van der Waals surface area contributed by atoms with Gasteiger partial charge in [-0.05, 0) is 43.0 Å². The standard InChI is InChI=1S/C24H23N3O2S/c1-3-4-5-17-8-12-19(13-9-17)26-22(28)20-14-25-24-27(23(20)29)21(15-30-24)18-10-6-16(2)7-11-18/h6-15H,3-5H2,1-2H3,(H,26,28). The molecular weight excluding hydrogens is 394 g/mol. The third-order valence-corrected chi connectivity index (χ3v) is 5.91. The predicted molar refractivity (Wildman–Crippen MR) is 123 cm³/mol. The summed E-state index contributed by atoms with van der Waals surface area (Å²) >= 11 is 1.38. The van der Waals surface area contributed by atoms with Gasteiger partial charge in [-0.15, -0.1) is 11.3 Å². The number of amides is 1. The van der Waals surface area contributed by atoms with E-state index in [0.717, 1.165) is 36.1 Å². The van der Waals surface area contributed by atoms with E-state index in [2.05, 4.69) is 17.2 Å². The number of hydrogen-bond donors (Lipinski definition) is 1. The van der Waals surface area contributed by atoms with Gasteiger partial charge in [0.15, 0.2) is 4.96 Å². The molecule has 0 saturated heterocycles. The number of unbranched alkanes of at least 4 members (excludes halogenated alkanes) is 1. The smallest absolute Gasteiger partial charge is 0.271 e. The van der Waals surface area contributed by atoms with Crippen LogP contribution in [0.2, 0.25) is 0 Å². The predicted octanol–water partition coefficient (Wildman–Crippen LogP) is 5.33. The van der Waals surface area contributed by atoms with E-state index < -0.39 is 5.91 Å². The fourth-order valence-corrected chi connectivity index (χ4v) is 4.17. The summed E-state index contributed by atoms with van der Waals surface area (Å²) < 4.78 is 1.51. The molecule has 5 nitrogen and oxygen atoms in total. The van der Waals surface area contributed by atoms with Gasteiger partial charge in [0.2, 0.25) is 0 Å². The quantitative estimate of drug-likeness (QED) is 0.461. The molecule has 0 atom stereocenters. The van der Waals surface area contributed by atoms with Gasteiger partial charge in [0.1, 0.15) is 5.56 Å². The van der Waals surface area contributed by atoms with Crippen LogP contribution in [-0.2, 0) is 6.42 Å². The molecule has 152 valence electrons. The highest BCUT2D eigenvalue weighted by Crippen LogP contribution is 2.24. The van der Waals surface area contributed by atoms with Crippen molar-refractivity contribution in [1.82, 2.24) is 9.38 Å². The molecule has 0 aliphatic carbocycles. The van der Waals surface area contributed by atoms with E-state index in [-0.39, 0.29) is 11.1 Å². The number of aryl methyl sites for hydroxylation is 2. The van der Waals surface area contributed by atoms with Crippen molar-refractivity contribution in [2.75, 3.05) is 5.32 Å². The van der Waals surface area contributed by atoms with E-state index in [0.29, 0.717) is 10.6 Å². The third-order valence-electron chi connectivity index (χ3n) is 5.07. The fraction of sp³-hybridized carbons (Fsp3) is 0.208. The lowest BCUT2D eigenvalue weighted by Crippen LogP contribution is -2.26. The zero-order valence-electron chi connectivity index (χ0n) is 17.0. The minimum absolute atomic E-state index is 0.0225. The van der Waals surface area contributed by atoms with Crippen LogP contribution in [0.25, 0.3) is 16.2 Å². The molecule has 1 amide bonds. The van der Waals surface area contributed by atoms with Crippen LogP contribution in [0.4, 0.5) is 5.69 Å². The molecule has 2 aromatic heterocycles. The maximum atomic E-state index is 13.1. The average Bonchev–Trinajstić information content (AvgIpc) is 3.19. The fourth-order valence-electron chi connectivity index (χ4n) is 3.31. The van der Waals surface area contributed by atoms with Crippen molar-refractivity contribution < 1.29 is 4.79 Å². The lowest BCUT2D eigenvalue weighted by molar-refractivity contribution is 0.102. The van der Waals surface area contributed by atoms with Crippen LogP contribution in [0.15, 0.2) is 64.9 Å². The van der Waals surface area contributed by atoms with Crippen LogP contribution in [0.5, 0.6) is 0 Å². The molecule has 0 fully saturated rings. The molecule has 0 saturated carbocycles. The number of nitrogens with zero attached hydrogens (tertiary/aromatic N) is 2. The Balaban J connectivity index is 1.63. The van der Waals surface area contributed by atoms with Crippen molar-refractivity contribution in [2.45, 2.75) is 33.1 Å². The second kappa shape index (κ2) is 8.63. The summed E-state index contributed by atoms with van der Waals surface area (Å²) in [4.78, 5) is 30.8. The van der Waals surface area contributed by atoms with Gasteiger partial charge in [0.05, 0.1) is 5.69 Å². The Labute approximate surface area is 179 Å². The van der Waals surface area contributed by atoms with Crippen molar-refractivity contribution in [1.29, 1.82) is 0 Å². The van der Waals surface area contributed by atoms with Crippen molar-refractivity contribution in [2.24, 2.45) is 0 Å². The Morgan fingerprint density at radius 3 is 2.53 bits per heavy atom. The molecule has 4 aromatic rings. The molecule has 2 heterocycles. The van der Waals surface area contributed by atoms with Crippen molar-refractivity contribution >= 4 is 27.9 Å². The van der Waals surface area contributed by atoms with Gasteiger partial charge in [0.25, 0.3) is 11.5 Å². The van der Waals surface area contributed by atoms with Crippen molar-refractivity contribution in [3.05, 3.63) is 87.2 Å². The molecule has 0 spiro atoms. The zero-order valence-corrected chi connectivity index (χ0v) is 17.8. The minimum atomic E-state index is -0.454. The van der Waals surface area contributed by atoms with Gasteiger partial charge in [0, 0.05) is 17.3 Å². The van der Waals surface area contributed by atoms with Gasteiger partial charge in [-0.3, -0.25) is 14.0 Å². The maximum absolute atomic E-state index is 13.1. The summed E-state index contributed by atoms with van der Waals surface area (Å²) in [6.45, 7) is 4.18. The van der Waals surface area contributed by atoms with Crippen LogP contribution < -0.4 is 10.9 Å². The van der Waals surface area contributed by atoms with Crippen LogP contribution in [0, 0.1) is 6.92 Å². The molecule has 0 aliphatic rings. The van der Waals surface area contributed by atoms with Gasteiger partial charge >= 0.3 is 0 Å². The Hall–Kier alpha value is -3.25. The highest BCUT2D eigenvalue weighted by atomic mass is 32.1. The maximum Gasteiger partial charge on any atom is 0.271 e. The molecule has 2 aromatic carbocycles. The molecular formula is C24H23N3O2S. The summed E-state index contributed by atoms with van der Waals surface area (Å²) in [6.07, 6.45) is 4.66. The molecule has 4 rings (SSSR count). The molecule has 0 radical (unpaired) electrons. The second-order valence-corrected chi connectivity index (χ2v) is 8.17. The number of nitrogens with one attached hydrogen (secondary N) is 1. The van der Waals surface area contributed by atoms with Crippen LogP contribution in [0.1, 0.15) is 41.3 Å². The number of hydrogen-bond acceptors (Lipinski definition) is 4. The summed E-state index contributed by atoms with van der Waals surface area (Å²) in [7, 11) is 0. The minimum Gasteiger partial charge on any atom is -0.322 e. The Bertz CT molecular complexity index is 1240. The van der Waals surface area contributed by atoms with Crippen molar-refractivity contribution in [3.63, 3.8) is 0 Å². The van der Waals surface area contributed by atoms with E-state index in [9.17, 15) is 9.59 Å². The summed E-state index contributed by atoms with van der Waals surface area (Å²) in [5.74, 6) is -0.454. The normalized spacial score (nSPS) is 11.0. The number of aromatic nitrogens is 2. The van der Waals surface area contributed by atoms with Gasteiger partial charge in [-0.1, -0.05) is 55.3 Å². The van der Waals surface area contributed by atoms with E-state index >= 15 is 0 Å². The Morgan fingerprint density at radius 2 is 1.83 bits per heavy atom. The van der Waals surface area contributed by atoms with E-state index in [4.69, 9.17) is 0 Å². The number of anilines is 1. The van der Waals surface area contributed by atoms with Gasteiger partial charge in [-0.25, -0.2) is 4.98 Å². The zero-order chi connectivity index (χ0) is 21.1. The highest BCUT2D eigenvalue weighted by molar-refractivity contribution is 7.15. The number of carbonyl (C=O) groups excluding carboxylic acids is 1. The Kier molecular flexibility index (Phi) is 5.77. The first-order valence-corrected chi connectivity index (χ1v) is 10.9. The SMILES string of the molecule is CCCCc1ccc(NC(=O)c2cnc3scc(-c4ccc(C)cc4)n3c2=O)cc1. The number of benzene rings is 2. The topological polar surface area (TPSA) is 63.5 Å². The average molecular weight is 418 g/mol. The van der Waals surface area contributed by atoms with Crippen LogP contribution >= 0.6 is 11.3 Å². The van der Waals surface area contributed by atoms with Crippen molar-refractivity contribution in [3.8, 4) is 11.3 Å². The number of fused-ring (bicyclic) bond motifs is 1. The van der Waals surface area contributed by atoms with E-state index in [1.54, 1.807) is 0 Å². The van der Waals surface area contributed by atoms with Crippen LogP contribution in [0.3, 0.4) is 0 Å². The van der Waals surface area contributed by atoms with E-state index in [1.807, 2.05) is 60.8 Å². The monoisotopic (exact) mass is 417 g/mol. The lowest BCUT2D eigenvalue weighted by Gasteiger charge is -2.07. The molecule has 0 unspecified atom stereocenters. The largest absolute Gasteiger partial charge is 0.322 e. The van der Waals surface area contributed by atoms with Gasteiger partial charge < -0.3 is 5.32 Å². The molecule has 1 N–H and O–H groups in total. The van der Waals surface area contributed by atoms with Crippen LogP contribution in [-0.4, -0.2) is 15.3 Å². The Morgan fingerprint density at radius 1 is 1.10 bits per heavy atom. The summed E-state index contributed by atoms with van der Waals surface area (Å²) in [5.41, 5.74) is 4.35. The molecule has 6 heteroatoms. The molecule has 0 aliphatic heterocycles. The molecule has 30 heavy (non-hydrogen) atoms. The second-order valence-electron chi connectivity index (χ2n) is 7.34. The summed E-state index contributed by atoms with van der Waals surface area (Å²) in [6, 6.07) is 15.7. The van der Waals surface area contributed by atoms with Gasteiger partial charge in [-0.2, -0.15) is 0 Å². The lowest BCUT2D eigenvalue weighted by atomic mass is 10.1. The third kappa shape index (κ3) is 4.04. The molecule has 0 bridgehead atoms. The number of thiazole rings is 1. The first-order valence-electron chi connectivity index (χ1n) is 10.0. The first kappa shape index (κ1) is 20.0.